The lowest BCUT2D eigenvalue weighted by Crippen LogP contribution is -2.22. The van der Waals surface area contributed by atoms with Gasteiger partial charge in [-0.05, 0) is 24.7 Å². The van der Waals surface area contributed by atoms with E-state index in [4.69, 9.17) is 11.6 Å². The highest BCUT2D eigenvalue weighted by molar-refractivity contribution is 6.29. The van der Waals surface area contributed by atoms with Crippen molar-refractivity contribution in [3.63, 3.8) is 0 Å². The minimum atomic E-state index is 0.444. The van der Waals surface area contributed by atoms with Crippen molar-refractivity contribution in [3.8, 4) is 0 Å². The molecule has 6 heteroatoms. The van der Waals surface area contributed by atoms with Crippen molar-refractivity contribution in [2.45, 2.75) is 32.6 Å². The van der Waals surface area contributed by atoms with Crippen LogP contribution in [0.2, 0.25) is 5.15 Å². The molecular formula is C13H18ClN5. The summed E-state index contributed by atoms with van der Waals surface area (Å²) in [5, 5.41) is 8.05. The standard InChI is InChI=1S/C13H18ClN5/c1-9-3-2-4-10(5-9)7-15-12-6-11(14)18-13-16-8-17-19(12)13/h6,8-10,15H,2-5,7H2,1H3. The van der Waals surface area contributed by atoms with E-state index >= 15 is 0 Å². The van der Waals surface area contributed by atoms with E-state index in [0.717, 1.165) is 24.2 Å². The van der Waals surface area contributed by atoms with E-state index in [0.29, 0.717) is 10.9 Å². The zero-order valence-corrected chi connectivity index (χ0v) is 11.8. The van der Waals surface area contributed by atoms with Crippen molar-refractivity contribution in [2.75, 3.05) is 11.9 Å². The van der Waals surface area contributed by atoms with Crippen LogP contribution in [0.1, 0.15) is 32.6 Å². The van der Waals surface area contributed by atoms with Crippen LogP contribution in [-0.4, -0.2) is 26.1 Å². The van der Waals surface area contributed by atoms with Crippen molar-refractivity contribution in [3.05, 3.63) is 17.5 Å². The lowest BCUT2D eigenvalue weighted by Gasteiger charge is -2.27. The first kappa shape index (κ1) is 12.7. The Hall–Kier alpha value is -1.36. The summed E-state index contributed by atoms with van der Waals surface area (Å²) in [4.78, 5) is 8.18. The molecule has 3 rings (SSSR count). The fourth-order valence-electron chi connectivity index (χ4n) is 2.90. The zero-order chi connectivity index (χ0) is 13.2. The predicted molar refractivity (Wildman–Crippen MR) is 75.4 cm³/mol. The number of halogens is 1. The number of hydrogen-bond donors (Lipinski definition) is 1. The fraction of sp³-hybridized carbons (Fsp3) is 0.615. The Morgan fingerprint density at radius 3 is 3.21 bits per heavy atom. The van der Waals surface area contributed by atoms with Crippen LogP contribution in [0.25, 0.3) is 5.78 Å². The number of aromatic nitrogens is 4. The van der Waals surface area contributed by atoms with Gasteiger partial charge in [0.25, 0.3) is 5.78 Å². The van der Waals surface area contributed by atoms with Crippen LogP contribution < -0.4 is 5.32 Å². The van der Waals surface area contributed by atoms with Gasteiger partial charge in [-0.2, -0.15) is 19.6 Å². The number of hydrogen-bond acceptors (Lipinski definition) is 4. The van der Waals surface area contributed by atoms with Crippen LogP contribution in [0.4, 0.5) is 5.82 Å². The molecule has 2 aromatic rings. The number of rotatable bonds is 3. The van der Waals surface area contributed by atoms with E-state index in [1.54, 1.807) is 10.6 Å². The minimum absolute atomic E-state index is 0.444. The molecule has 1 aliphatic rings. The topological polar surface area (TPSA) is 55.1 Å². The Morgan fingerprint density at radius 2 is 2.37 bits per heavy atom. The average molecular weight is 280 g/mol. The van der Waals surface area contributed by atoms with Gasteiger partial charge in [0.1, 0.15) is 17.3 Å². The summed E-state index contributed by atoms with van der Waals surface area (Å²) >= 11 is 5.99. The Labute approximate surface area is 117 Å². The molecule has 2 atom stereocenters. The number of fused-ring (bicyclic) bond motifs is 1. The van der Waals surface area contributed by atoms with E-state index < -0.39 is 0 Å². The third-order valence-electron chi connectivity index (χ3n) is 3.84. The number of nitrogens with zero attached hydrogens (tertiary/aromatic N) is 4. The molecule has 1 saturated carbocycles. The van der Waals surface area contributed by atoms with E-state index in [-0.39, 0.29) is 0 Å². The molecule has 0 spiro atoms. The quantitative estimate of drug-likeness (QED) is 0.878. The van der Waals surface area contributed by atoms with Crippen molar-refractivity contribution >= 4 is 23.2 Å². The highest BCUT2D eigenvalue weighted by atomic mass is 35.5. The molecule has 1 aliphatic carbocycles. The van der Waals surface area contributed by atoms with Crippen LogP contribution in [0.15, 0.2) is 12.4 Å². The summed E-state index contributed by atoms with van der Waals surface area (Å²) in [6, 6.07) is 1.80. The second-order valence-corrected chi connectivity index (χ2v) is 5.84. The van der Waals surface area contributed by atoms with Crippen LogP contribution in [0.3, 0.4) is 0 Å². The van der Waals surface area contributed by atoms with Crippen molar-refractivity contribution in [1.82, 2.24) is 19.6 Å². The predicted octanol–water partition coefficient (Wildman–Crippen LogP) is 3.02. The second kappa shape index (κ2) is 5.33. The summed E-state index contributed by atoms with van der Waals surface area (Å²) in [6.07, 6.45) is 6.80. The molecule has 2 unspecified atom stereocenters. The van der Waals surface area contributed by atoms with Gasteiger partial charge < -0.3 is 5.32 Å². The third-order valence-corrected chi connectivity index (χ3v) is 4.03. The minimum Gasteiger partial charge on any atom is -0.370 e. The maximum atomic E-state index is 5.99. The van der Waals surface area contributed by atoms with Gasteiger partial charge in [-0.25, -0.2) is 0 Å². The first-order valence-corrected chi connectivity index (χ1v) is 7.20. The van der Waals surface area contributed by atoms with E-state index in [2.05, 4.69) is 27.3 Å². The molecule has 0 radical (unpaired) electrons. The van der Waals surface area contributed by atoms with Gasteiger partial charge in [0.15, 0.2) is 0 Å². The molecule has 5 nitrogen and oxygen atoms in total. The molecule has 2 aromatic heterocycles. The molecule has 2 heterocycles. The molecule has 0 aliphatic heterocycles. The number of nitrogens with one attached hydrogen (secondary N) is 1. The Bertz CT molecular complexity index is 567. The van der Waals surface area contributed by atoms with Gasteiger partial charge in [0.05, 0.1) is 0 Å². The molecule has 0 bridgehead atoms. The van der Waals surface area contributed by atoms with Gasteiger partial charge in [-0.3, -0.25) is 0 Å². The van der Waals surface area contributed by atoms with Crippen molar-refractivity contribution in [2.24, 2.45) is 11.8 Å². The molecular weight excluding hydrogens is 262 g/mol. The molecule has 0 amide bonds. The first-order chi connectivity index (χ1) is 9.22. The Balaban J connectivity index is 1.72. The largest absolute Gasteiger partial charge is 0.370 e. The van der Waals surface area contributed by atoms with Gasteiger partial charge in [-0.1, -0.05) is 31.4 Å². The lowest BCUT2D eigenvalue weighted by atomic mass is 9.82. The molecule has 1 fully saturated rings. The van der Waals surface area contributed by atoms with Crippen molar-refractivity contribution in [1.29, 1.82) is 0 Å². The number of anilines is 1. The van der Waals surface area contributed by atoms with Crippen LogP contribution >= 0.6 is 11.6 Å². The van der Waals surface area contributed by atoms with Gasteiger partial charge >= 0.3 is 0 Å². The van der Waals surface area contributed by atoms with Gasteiger partial charge in [-0.15, -0.1) is 0 Å². The highest BCUT2D eigenvalue weighted by Crippen LogP contribution is 2.28. The first-order valence-electron chi connectivity index (χ1n) is 6.82. The van der Waals surface area contributed by atoms with Crippen LogP contribution in [0.5, 0.6) is 0 Å². The SMILES string of the molecule is CC1CCCC(CNc2cc(Cl)nc3ncnn23)C1. The Morgan fingerprint density at radius 1 is 1.47 bits per heavy atom. The molecule has 102 valence electrons. The summed E-state index contributed by atoms with van der Waals surface area (Å²) in [7, 11) is 0. The smallest absolute Gasteiger partial charge is 0.255 e. The maximum Gasteiger partial charge on any atom is 0.255 e. The summed E-state index contributed by atoms with van der Waals surface area (Å²) < 4.78 is 1.69. The monoisotopic (exact) mass is 279 g/mol. The fourth-order valence-corrected chi connectivity index (χ4v) is 3.08. The van der Waals surface area contributed by atoms with Crippen LogP contribution in [-0.2, 0) is 0 Å². The highest BCUT2D eigenvalue weighted by Gasteiger charge is 2.19. The Kier molecular flexibility index (Phi) is 3.55. The molecule has 0 saturated heterocycles. The molecule has 19 heavy (non-hydrogen) atoms. The molecule has 1 N–H and O–H groups in total. The van der Waals surface area contributed by atoms with Gasteiger partial charge in [0.2, 0.25) is 0 Å². The summed E-state index contributed by atoms with van der Waals surface area (Å²) in [5.74, 6) is 2.97. The van der Waals surface area contributed by atoms with E-state index in [1.165, 1.54) is 32.0 Å². The third kappa shape index (κ3) is 2.81. The second-order valence-electron chi connectivity index (χ2n) is 5.45. The zero-order valence-electron chi connectivity index (χ0n) is 11.0. The summed E-state index contributed by atoms with van der Waals surface area (Å²) in [6.45, 7) is 3.30. The average Bonchev–Trinajstić information content (AvgIpc) is 2.84. The normalized spacial score (nSPS) is 23.7. The summed E-state index contributed by atoms with van der Waals surface area (Å²) in [5.41, 5.74) is 0. The molecule has 0 aromatic carbocycles. The van der Waals surface area contributed by atoms with Crippen LogP contribution in [0, 0.1) is 11.8 Å². The van der Waals surface area contributed by atoms with Gasteiger partial charge in [0, 0.05) is 12.6 Å². The van der Waals surface area contributed by atoms with E-state index in [1.807, 2.05) is 0 Å². The maximum absolute atomic E-state index is 5.99. The van der Waals surface area contributed by atoms with Crippen molar-refractivity contribution < 1.29 is 0 Å². The lowest BCUT2D eigenvalue weighted by molar-refractivity contribution is 0.293. The van der Waals surface area contributed by atoms with E-state index in [9.17, 15) is 0 Å².